The average Bonchev–Trinajstić information content (AvgIpc) is 4.04. The second kappa shape index (κ2) is 14.5. The molecule has 0 saturated carbocycles. The zero-order valence-electron chi connectivity index (χ0n) is 33.0. The molecule has 0 fully saturated rings. The number of rotatable bonds is 7. The van der Waals surface area contributed by atoms with Crippen LogP contribution in [0.1, 0.15) is 0 Å². The molecule has 4 nitrogen and oxygen atoms in total. The monoisotopic (exact) mass is 796 g/mol. The van der Waals surface area contributed by atoms with Crippen LogP contribution < -0.4 is 0 Å². The maximum absolute atomic E-state index is 5.22. The molecule has 3 aromatic heterocycles. The van der Waals surface area contributed by atoms with E-state index in [1.54, 1.807) is 0 Å². The summed E-state index contributed by atoms with van der Waals surface area (Å²) in [5.74, 6) is 1.79. The van der Waals surface area contributed by atoms with Gasteiger partial charge < -0.3 is 0 Å². The van der Waals surface area contributed by atoms with Gasteiger partial charge in [-0.25, -0.2) is 9.97 Å². The minimum absolute atomic E-state index is 0.894. The van der Waals surface area contributed by atoms with E-state index in [9.17, 15) is 0 Å². The number of hydrogen-bond donors (Lipinski definition) is 0. The normalized spacial score (nSPS) is 11.6. The zero-order valence-corrected chi connectivity index (χ0v) is 33.8. The molecule has 0 atom stereocenters. The Morgan fingerprint density at radius 1 is 0.344 bits per heavy atom. The van der Waals surface area contributed by atoms with Gasteiger partial charge in [-0.1, -0.05) is 170 Å². The van der Waals surface area contributed by atoms with Gasteiger partial charge >= 0.3 is 0 Å². The van der Waals surface area contributed by atoms with Gasteiger partial charge in [0, 0.05) is 31.3 Å². The first-order valence-corrected chi connectivity index (χ1v) is 21.4. The molecule has 0 N–H and O–H groups in total. The fraction of sp³-hybridized carbons (Fsp3) is 0. The Morgan fingerprint density at radius 3 is 1.41 bits per heavy atom. The lowest BCUT2D eigenvalue weighted by molar-refractivity contribution is 1.07. The highest BCUT2D eigenvalue weighted by Crippen LogP contribution is 2.44. The van der Waals surface area contributed by atoms with Crippen LogP contribution in [-0.4, -0.2) is 19.1 Å². The van der Waals surface area contributed by atoms with E-state index < -0.39 is 0 Å². The van der Waals surface area contributed by atoms with E-state index in [2.05, 4.69) is 228 Å². The number of fused-ring (bicyclic) bond motifs is 5. The highest BCUT2D eigenvalue weighted by atomic mass is 32.1. The summed E-state index contributed by atoms with van der Waals surface area (Å²) >= 11 is 1.88. The molecule has 12 aromatic rings. The molecule has 0 bridgehead atoms. The lowest BCUT2D eigenvalue weighted by atomic mass is 9.95. The van der Waals surface area contributed by atoms with Gasteiger partial charge in [0.1, 0.15) is 11.6 Å². The Bertz CT molecular complexity index is 3430. The number of imidazole rings is 2. The first-order chi connectivity index (χ1) is 30.2. The molecule has 0 aliphatic heterocycles. The van der Waals surface area contributed by atoms with Gasteiger partial charge in [0.05, 0.1) is 33.4 Å². The SMILES string of the molecule is c1ccc(-c2cccc3c2sc2cccc(-c4ccc(-c5cc(-n6c(-c7ccccc7)nc7ccccc76)cc(-n6c(-c7ccccc7)nc7ccccc76)c5)cc4)c23)cc1. The maximum Gasteiger partial charge on any atom is 0.145 e. The van der Waals surface area contributed by atoms with E-state index in [0.717, 1.165) is 67.3 Å². The van der Waals surface area contributed by atoms with Crippen molar-refractivity contribution < 1.29 is 0 Å². The van der Waals surface area contributed by atoms with Gasteiger partial charge in [-0.2, -0.15) is 0 Å². The zero-order chi connectivity index (χ0) is 40.3. The Balaban J connectivity index is 1.06. The molecule has 286 valence electrons. The third-order valence-corrected chi connectivity index (χ3v) is 12.9. The summed E-state index contributed by atoms with van der Waals surface area (Å²) in [4.78, 5) is 10.4. The molecule has 0 aliphatic rings. The van der Waals surface area contributed by atoms with Crippen LogP contribution in [0.3, 0.4) is 0 Å². The maximum atomic E-state index is 5.22. The molecule has 0 unspecified atom stereocenters. The molecule has 0 amide bonds. The van der Waals surface area contributed by atoms with Crippen LogP contribution in [0, 0.1) is 0 Å². The van der Waals surface area contributed by atoms with Crippen molar-refractivity contribution >= 4 is 53.6 Å². The number of benzene rings is 9. The summed E-state index contributed by atoms with van der Waals surface area (Å²) in [6.45, 7) is 0. The van der Waals surface area contributed by atoms with E-state index in [-0.39, 0.29) is 0 Å². The molecule has 0 saturated heterocycles. The second-order valence-electron chi connectivity index (χ2n) is 15.4. The summed E-state index contributed by atoms with van der Waals surface area (Å²) < 4.78 is 7.22. The highest BCUT2D eigenvalue weighted by molar-refractivity contribution is 7.26. The second-order valence-corrected chi connectivity index (χ2v) is 16.4. The van der Waals surface area contributed by atoms with Crippen molar-refractivity contribution in [2.24, 2.45) is 0 Å². The van der Waals surface area contributed by atoms with E-state index in [0.29, 0.717) is 0 Å². The fourth-order valence-electron chi connectivity index (χ4n) is 8.93. The highest BCUT2D eigenvalue weighted by Gasteiger charge is 2.20. The average molecular weight is 797 g/mol. The Hall–Kier alpha value is -7.86. The third-order valence-electron chi connectivity index (χ3n) is 11.7. The van der Waals surface area contributed by atoms with E-state index in [1.807, 2.05) is 11.3 Å². The van der Waals surface area contributed by atoms with Gasteiger partial charge in [0.2, 0.25) is 0 Å². The van der Waals surface area contributed by atoms with Crippen molar-refractivity contribution in [2.45, 2.75) is 0 Å². The van der Waals surface area contributed by atoms with Crippen molar-refractivity contribution in [3.8, 4) is 67.5 Å². The molecule has 12 rings (SSSR count). The first kappa shape index (κ1) is 35.1. The van der Waals surface area contributed by atoms with Gasteiger partial charge in [0.15, 0.2) is 0 Å². The number of nitrogens with zero attached hydrogens (tertiary/aromatic N) is 4. The molecule has 5 heteroatoms. The molecular formula is C56H36N4S. The number of para-hydroxylation sites is 4. The smallest absolute Gasteiger partial charge is 0.145 e. The van der Waals surface area contributed by atoms with Crippen LogP contribution in [0.2, 0.25) is 0 Å². The molecule has 61 heavy (non-hydrogen) atoms. The Kier molecular flexibility index (Phi) is 8.32. The fourth-order valence-corrected chi connectivity index (χ4v) is 10.2. The van der Waals surface area contributed by atoms with Gasteiger partial charge in [-0.3, -0.25) is 9.13 Å². The van der Waals surface area contributed by atoms with Crippen LogP contribution in [0.4, 0.5) is 0 Å². The summed E-state index contributed by atoms with van der Waals surface area (Å²) in [5.41, 5.74) is 15.3. The molecule has 9 aromatic carbocycles. The lowest BCUT2D eigenvalue weighted by Gasteiger charge is -2.17. The molecular weight excluding hydrogens is 761 g/mol. The van der Waals surface area contributed by atoms with Gasteiger partial charge in [-0.15, -0.1) is 11.3 Å². The molecule has 0 radical (unpaired) electrons. The molecule has 3 heterocycles. The van der Waals surface area contributed by atoms with Crippen molar-refractivity contribution in [3.63, 3.8) is 0 Å². The van der Waals surface area contributed by atoms with E-state index in [1.165, 1.54) is 42.4 Å². The van der Waals surface area contributed by atoms with Gasteiger partial charge in [-0.05, 0) is 81.9 Å². The number of thiophene rings is 1. The largest absolute Gasteiger partial charge is 0.292 e. The summed E-state index contributed by atoms with van der Waals surface area (Å²) in [6.07, 6.45) is 0. The minimum Gasteiger partial charge on any atom is -0.292 e. The van der Waals surface area contributed by atoms with Crippen LogP contribution in [0.5, 0.6) is 0 Å². The van der Waals surface area contributed by atoms with Crippen molar-refractivity contribution in [1.29, 1.82) is 0 Å². The lowest BCUT2D eigenvalue weighted by Crippen LogP contribution is -2.03. The van der Waals surface area contributed by atoms with Crippen LogP contribution in [0.25, 0.3) is 110 Å². The van der Waals surface area contributed by atoms with E-state index in [4.69, 9.17) is 9.97 Å². The summed E-state index contributed by atoms with van der Waals surface area (Å²) in [5, 5.41) is 2.60. The molecule has 0 spiro atoms. The summed E-state index contributed by atoms with van der Waals surface area (Å²) in [6, 6.07) is 77.9. The topological polar surface area (TPSA) is 35.6 Å². The first-order valence-electron chi connectivity index (χ1n) is 20.6. The van der Waals surface area contributed by atoms with Crippen molar-refractivity contribution in [1.82, 2.24) is 19.1 Å². The third kappa shape index (κ3) is 5.97. The van der Waals surface area contributed by atoms with Crippen molar-refractivity contribution in [3.05, 3.63) is 218 Å². The standard InChI is InChI=1S/C56H36N4S/c1-4-16-38(17-5-1)46-23-14-24-47-53-45(22-15-29-52(53)61-54(46)47)39-32-30-37(31-33-39)42-34-43(59-50-27-12-10-25-48(50)57-55(59)40-18-6-2-7-19-40)36-44(35-42)60-51-28-13-11-26-49(51)58-56(60)41-20-8-3-9-21-41/h1-36H. The Morgan fingerprint density at radius 2 is 0.820 bits per heavy atom. The number of hydrogen-bond acceptors (Lipinski definition) is 3. The van der Waals surface area contributed by atoms with E-state index >= 15 is 0 Å². The minimum atomic E-state index is 0.894. The van der Waals surface area contributed by atoms with Crippen LogP contribution >= 0.6 is 11.3 Å². The van der Waals surface area contributed by atoms with Crippen molar-refractivity contribution in [2.75, 3.05) is 0 Å². The quantitative estimate of drug-likeness (QED) is 0.161. The molecule has 0 aliphatic carbocycles. The predicted octanol–water partition coefficient (Wildman–Crippen LogP) is 15.1. The Labute approximate surface area is 356 Å². The van der Waals surface area contributed by atoms with Gasteiger partial charge in [0.25, 0.3) is 0 Å². The summed E-state index contributed by atoms with van der Waals surface area (Å²) in [7, 11) is 0. The van der Waals surface area contributed by atoms with Crippen LogP contribution in [0.15, 0.2) is 218 Å². The predicted molar refractivity (Wildman–Crippen MR) is 256 cm³/mol. The van der Waals surface area contributed by atoms with Crippen LogP contribution in [-0.2, 0) is 0 Å². The number of aromatic nitrogens is 4.